The minimum Gasteiger partial charge on any atom is -0.354 e. The lowest BCUT2D eigenvalue weighted by Crippen LogP contribution is -2.26. The first-order valence-corrected chi connectivity index (χ1v) is 17.0. The van der Waals surface area contributed by atoms with Crippen LogP contribution in [0.1, 0.15) is 88.0 Å². The predicted octanol–water partition coefficient (Wildman–Crippen LogP) is 11.5. The number of aromatic amines is 1. The fourth-order valence-corrected chi connectivity index (χ4v) is 7.61. The zero-order valence-electron chi connectivity index (χ0n) is 27.9. The summed E-state index contributed by atoms with van der Waals surface area (Å²) in [5.41, 5.74) is 20.2. The second-order valence-corrected chi connectivity index (χ2v) is 13.6. The van der Waals surface area contributed by atoms with Crippen molar-refractivity contribution in [2.24, 2.45) is 0 Å². The van der Waals surface area contributed by atoms with E-state index in [0.717, 1.165) is 19.3 Å². The van der Waals surface area contributed by atoms with Crippen molar-refractivity contribution in [3.63, 3.8) is 0 Å². The fraction of sp³-hybridized carbons (Fsp3) is 0.302. The normalized spacial score (nSPS) is 19.9. The zero-order chi connectivity index (χ0) is 31.2. The van der Waals surface area contributed by atoms with Crippen molar-refractivity contribution in [2.45, 2.75) is 85.4 Å². The van der Waals surface area contributed by atoms with Gasteiger partial charge in [-0.2, -0.15) is 0 Å². The summed E-state index contributed by atoms with van der Waals surface area (Å²) in [6.07, 6.45) is 17.7. The van der Waals surface area contributed by atoms with Crippen molar-refractivity contribution in [1.82, 2.24) is 4.98 Å². The highest BCUT2D eigenvalue weighted by molar-refractivity contribution is 6.59. The van der Waals surface area contributed by atoms with Crippen LogP contribution in [0.15, 0.2) is 107 Å². The van der Waals surface area contributed by atoms with Gasteiger partial charge in [0.1, 0.15) is 0 Å². The second kappa shape index (κ2) is 12.0. The lowest BCUT2D eigenvalue weighted by molar-refractivity contribution is 0.940. The molecule has 1 N–H and O–H groups in total. The summed E-state index contributed by atoms with van der Waals surface area (Å²) in [6.45, 7) is 13.8. The van der Waals surface area contributed by atoms with Crippen molar-refractivity contribution in [2.75, 3.05) is 0 Å². The molecule has 7 rings (SSSR count). The number of aryl methyl sites for hydroxylation is 2. The molecule has 1 saturated carbocycles. The number of hydrogen-bond donors (Lipinski definition) is 1. The van der Waals surface area contributed by atoms with Crippen molar-refractivity contribution in [3.05, 3.63) is 130 Å². The average molecular weight is 587 g/mol. The third-order valence-corrected chi connectivity index (χ3v) is 10.5. The maximum absolute atomic E-state index is 3.98. The number of hydrogen-bond acceptors (Lipinski definition) is 0. The molecule has 1 unspecified atom stereocenters. The van der Waals surface area contributed by atoms with Crippen LogP contribution < -0.4 is 5.46 Å². The second-order valence-electron chi connectivity index (χ2n) is 13.6. The number of rotatable bonds is 6. The largest absolute Gasteiger partial charge is 0.354 e. The number of H-pyrrole nitrogens is 1. The number of nitrogens with one attached hydrogen (secondary N) is 1. The Labute approximate surface area is 270 Å². The fourth-order valence-electron chi connectivity index (χ4n) is 7.61. The van der Waals surface area contributed by atoms with Crippen LogP contribution in [0.25, 0.3) is 38.9 Å². The van der Waals surface area contributed by atoms with E-state index in [1.807, 2.05) is 0 Å². The Morgan fingerprint density at radius 1 is 0.889 bits per heavy atom. The number of fused-ring (bicyclic) bond motifs is 2. The van der Waals surface area contributed by atoms with Gasteiger partial charge < -0.3 is 4.98 Å². The van der Waals surface area contributed by atoms with Crippen molar-refractivity contribution in [3.8, 4) is 22.4 Å². The summed E-state index contributed by atoms with van der Waals surface area (Å²) in [6, 6.07) is 20.7. The molecule has 1 aliphatic heterocycles. The van der Waals surface area contributed by atoms with Gasteiger partial charge in [0.05, 0.1) is 5.52 Å². The van der Waals surface area contributed by atoms with Gasteiger partial charge in [-0.05, 0) is 122 Å². The van der Waals surface area contributed by atoms with Crippen molar-refractivity contribution in [1.29, 1.82) is 0 Å². The van der Waals surface area contributed by atoms with Gasteiger partial charge in [-0.15, -0.1) is 0 Å². The van der Waals surface area contributed by atoms with Crippen molar-refractivity contribution >= 4 is 29.2 Å². The molecule has 2 heterocycles. The molecule has 0 bridgehead atoms. The van der Waals surface area contributed by atoms with Gasteiger partial charge in [0.25, 0.3) is 0 Å². The van der Waals surface area contributed by atoms with E-state index in [0.29, 0.717) is 11.7 Å². The Bertz CT molecular complexity index is 1970. The Morgan fingerprint density at radius 3 is 2.44 bits per heavy atom. The summed E-state index contributed by atoms with van der Waals surface area (Å²) in [5.74, 6) is 1.08. The standard InChI is InChI=1S/C43H45BN/c1-7-32-15-12-19-34(29(5)28(4)33-16-9-8-14-27(33)3)39-24-26(2)25-40(41(39)44-32)38-21-13-20-35-30(6)42(45-43(35)38)37-18-11-10-17-36(37)31-22-23-31/h9-13,15-21,24-25,31-32,45H,7-8,14,22-23H2,1-6H3/b15-12?,29-28+,34-19-. The molecule has 2 aliphatic carbocycles. The molecule has 4 aromatic rings. The molecule has 0 spiro atoms. The lowest BCUT2D eigenvalue weighted by Gasteiger charge is -2.25. The molecule has 1 aromatic heterocycles. The van der Waals surface area contributed by atoms with Gasteiger partial charge in [-0.1, -0.05) is 109 Å². The smallest absolute Gasteiger partial charge is 0.161 e. The first kappa shape index (κ1) is 29.7. The van der Waals surface area contributed by atoms with Crippen LogP contribution >= 0.6 is 0 Å². The van der Waals surface area contributed by atoms with Gasteiger partial charge in [0.15, 0.2) is 7.28 Å². The Hall–Kier alpha value is -4.04. The molecule has 3 aromatic carbocycles. The quantitative estimate of drug-likeness (QED) is 0.216. The number of para-hydroxylation sites is 1. The van der Waals surface area contributed by atoms with E-state index >= 15 is 0 Å². The van der Waals surface area contributed by atoms with Gasteiger partial charge in [0, 0.05) is 22.2 Å². The molecule has 225 valence electrons. The van der Waals surface area contributed by atoms with E-state index in [4.69, 9.17) is 0 Å². The maximum atomic E-state index is 3.98. The van der Waals surface area contributed by atoms with Crippen LogP contribution in [-0.2, 0) is 0 Å². The van der Waals surface area contributed by atoms with Crippen LogP contribution in [-0.4, -0.2) is 12.3 Å². The summed E-state index contributed by atoms with van der Waals surface area (Å²) in [7, 11) is 2.53. The van der Waals surface area contributed by atoms with Crippen LogP contribution in [0, 0.1) is 13.8 Å². The van der Waals surface area contributed by atoms with Crippen LogP contribution in [0.4, 0.5) is 0 Å². The van der Waals surface area contributed by atoms with E-state index in [2.05, 4.69) is 139 Å². The Balaban J connectivity index is 1.44. The van der Waals surface area contributed by atoms with Crippen LogP contribution in [0.5, 0.6) is 0 Å². The van der Waals surface area contributed by atoms with Gasteiger partial charge in [0.2, 0.25) is 0 Å². The third kappa shape index (κ3) is 5.43. The Morgan fingerprint density at radius 2 is 1.67 bits per heavy atom. The number of aromatic nitrogens is 1. The van der Waals surface area contributed by atoms with Crippen LogP contribution in [0.3, 0.4) is 0 Å². The van der Waals surface area contributed by atoms with Crippen molar-refractivity contribution < 1.29 is 0 Å². The molecule has 1 fully saturated rings. The maximum Gasteiger partial charge on any atom is 0.161 e. The first-order chi connectivity index (χ1) is 21.9. The number of allylic oxidation sites excluding steroid dienone is 10. The summed E-state index contributed by atoms with van der Waals surface area (Å²) >= 11 is 0. The molecule has 2 heteroatoms. The van der Waals surface area contributed by atoms with E-state index in [1.165, 1.54) is 102 Å². The van der Waals surface area contributed by atoms with Gasteiger partial charge in [-0.25, -0.2) is 0 Å². The van der Waals surface area contributed by atoms with E-state index in [-0.39, 0.29) is 0 Å². The molecule has 1 nitrogen and oxygen atoms in total. The highest BCUT2D eigenvalue weighted by atomic mass is 14.7. The highest BCUT2D eigenvalue weighted by Gasteiger charge is 2.28. The molecule has 3 aliphatic rings. The minimum atomic E-state index is 0.380. The molecular formula is C43H45BN. The van der Waals surface area contributed by atoms with Gasteiger partial charge in [-0.3, -0.25) is 0 Å². The number of benzene rings is 3. The summed E-state index contributed by atoms with van der Waals surface area (Å²) in [4.78, 5) is 3.98. The SMILES string of the molecule is CCC1[B]c2c(cc(C)cc2-c2cccc3c(C)c(-c4ccccc4C4CC4)[nH]c23)C(/C(C)=C(\C)C2=C(C)CCC=C2)=C\C=C1. The molecule has 0 saturated heterocycles. The topological polar surface area (TPSA) is 15.8 Å². The van der Waals surface area contributed by atoms with E-state index < -0.39 is 0 Å². The zero-order valence-corrected chi connectivity index (χ0v) is 27.9. The molecule has 45 heavy (non-hydrogen) atoms. The monoisotopic (exact) mass is 586 g/mol. The molecule has 0 amide bonds. The third-order valence-electron chi connectivity index (χ3n) is 10.5. The minimum absolute atomic E-state index is 0.380. The molecule has 1 radical (unpaired) electrons. The first-order valence-electron chi connectivity index (χ1n) is 17.0. The highest BCUT2D eigenvalue weighted by Crippen LogP contribution is 2.46. The summed E-state index contributed by atoms with van der Waals surface area (Å²) < 4.78 is 0. The van der Waals surface area contributed by atoms with Gasteiger partial charge >= 0.3 is 0 Å². The molecular weight excluding hydrogens is 541 g/mol. The summed E-state index contributed by atoms with van der Waals surface area (Å²) in [5, 5.41) is 1.32. The van der Waals surface area contributed by atoms with E-state index in [9.17, 15) is 0 Å². The van der Waals surface area contributed by atoms with E-state index in [1.54, 1.807) is 0 Å². The molecule has 1 atom stereocenters. The lowest BCUT2D eigenvalue weighted by atomic mass is 9.53. The van der Waals surface area contributed by atoms with Crippen LogP contribution in [0.2, 0.25) is 5.82 Å². The predicted molar refractivity (Wildman–Crippen MR) is 197 cm³/mol. The average Bonchev–Trinajstić information content (AvgIpc) is 3.84. The Kier molecular flexibility index (Phi) is 7.94.